The van der Waals surface area contributed by atoms with Gasteiger partial charge in [-0.2, -0.15) is 0 Å². The van der Waals surface area contributed by atoms with Crippen molar-refractivity contribution < 1.29 is 8.78 Å². The summed E-state index contributed by atoms with van der Waals surface area (Å²) < 4.78 is 26.4. The lowest BCUT2D eigenvalue weighted by molar-refractivity contribution is 0.0180. The van der Waals surface area contributed by atoms with Crippen LogP contribution in [0.5, 0.6) is 0 Å². The second kappa shape index (κ2) is 5.71. The summed E-state index contributed by atoms with van der Waals surface area (Å²) in [5.74, 6) is 0. The minimum atomic E-state index is -2.46. The Balaban J connectivity index is 2.25. The number of alkyl halides is 2. The predicted molar refractivity (Wildman–Crippen MR) is 62.4 cm³/mol. The van der Waals surface area contributed by atoms with Gasteiger partial charge in [-0.3, -0.25) is 4.90 Å². The van der Waals surface area contributed by atoms with Gasteiger partial charge in [-0.25, -0.2) is 13.8 Å². The molecule has 6 heteroatoms. The van der Waals surface area contributed by atoms with Crippen LogP contribution < -0.4 is 5.32 Å². The highest BCUT2D eigenvalue weighted by Crippen LogP contribution is 2.31. The van der Waals surface area contributed by atoms with E-state index in [1.54, 1.807) is 17.0 Å². The molecule has 1 aromatic heterocycles. The standard InChI is InChI=1S/C11H14ClF2N3/c12-10-8(2-1-3-16-10)9(11(13)14)17-6-4-15-5-7-17/h1-3,9,11,15H,4-7H2/t9-/m0/s1. The first-order chi connectivity index (χ1) is 8.20. The van der Waals surface area contributed by atoms with Gasteiger partial charge in [0.25, 0.3) is 6.43 Å². The van der Waals surface area contributed by atoms with Gasteiger partial charge in [0.05, 0.1) is 6.04 Å². The molecule has 1 atom stereocenters. The van der Waals surface area contributed by atoms with E-state index in [4.69, 9.17) is 11.6 Å². The highest BCUT2D eigenvalue weighted by Gasteiger charge is 2.31. The number of rotatable bonds is 3. The summed E-state index contributed by atoms with van der Waals surface area (Å²) in [6.07, 6.45) is -0.957. The van der Waals surface area contributed by atoms with Crippen molar-refractivity contribution in [1.29, 1.82) is 0 Å². The molecular formula is C11H14ClF2N3. The lowest BCUT2D eigenvalue weighted by atomic mass is 10.1. The second-order valence-electron chi connectivity index (χ2n) is 3.95. The number of nitrogens with zero attached hydrogens (tertiary/aromatic N) is 2. The number of piperazine rings is 1. The van der Waals surface area contributed by atoms with E-state index in [0.29, 0.717) is 18.7 Å². The van der Waals surface area contributed by atoms with Crippen molar-refractivity contribution in [2.24, 2.45) is 0 Å². The molecule has 1 aliphatic heterocycles. The first-order valence-electron chi connectivity index (χ1n) is 5.53. The minimum absolute atomic E-state index is 0.163. The summed E-state index contributed by atoms with van der Waals surface area (Å²) >= 11 is 5.90. The van der Waals surface area contributed by atoms with Crippen LogP contribution in [0.4, 0.5) is 8.78 Å². The minimum Gasteiger partial charge on any atom is -0.314 e. The molecular weight excluding hydrogens is 248 g/mol. The molecule has 0 saturated carbocycles. The third-order valence-electron chi connectivity index (χ3n) is 2.89. The maximum absolute atomic E-state index is 13.2. The van der Waals surface area contributed by atoms with Crippen molar-refractivity contribution in [3.8, 4) is 0 Å². The fourth-order valence-corrected chi connectivity index (χ4v) is 2.30. The SMILES string of the molecule is FC(F)[C@H](c1cccnc1Cl)N1CCNCC1. The molecule has 1 aromatic rings. The molecule has 1 aliphatic rings. The molecule has 0 radical (unpaired) electrons. The van der Waals surface area contributed by atoms with Crippen LogP contribution in [0.15, 0.2) is 18.3 Å². The van der Waals surface area contributed by atoms with Gasteiger partial charge >= 0.3 is 0 Å². The van der Waals surface area contributed by atoms with Gasteiger partial charge in [-0.05, 0) is 6.07 Å². The molecule has 94 valence electrons. The predicted octanol–water partition coefficient (Wildman–Crippen LogP) is 1.95. The van der Waals surface area contributed by atoms with Crippen molar-refractivity contribution >= 4 is 11.6 Å². The summed E-state index contributed by atoms with van der Waals surface area (Å²) in [4.78, 5) is 5.62. The normalized spacial score (nSPS) is 19.5. The highest BCUT2D eigenvalue weighted by atomic mass is 35.5. The van der Waals surface area contributed by atoms with Crippen LogP contribution in [0.3, 0.4) is 0 Å². The molecule has 1 fully saturated rings. The number of hydrogen-bond donors (Lipinski definition) is 1. The lowest BCUT2D eigenvalue weighted by Crippen LogP contribution is -2.47. The quantitative estimate of drug-likeness (QED) is 0.843. The Morgan fingerprint density at radius 3 is 2.65 bits per heavy atom. The first-order valence-corrected chi connectivity index (χ1v) is 5.91. The Hall–Kier alpha value is -0.780. The molecule has 17 heavy (non-hydrogen) atoms. The van der Waals surface area contributed by atoms with Crippen LogP contribution in [0, 0.1) is 0 Å². The average Bonchev–Trinajstić information content (AvgIpc) is 2.33. The topological polar surface area (TPSA) is 28.2 Å². The monoisotopic (exact) mass is 261 g/mol. The van der Waals surface area contributed by atoms with Crippen LogP contribution in [0.1, 0.15) is 11.6 Å². The van der Waals surface area contributed by atoms with Gasteiger partial charge in [0.1, 0.15) is 5.15 Å². The fourth-order valence-electron chi connectivity index (χ4n) is 2.07. The molecule has 3 nitrogen and oxygen atoms in total. The third kappa shape index (κ3) is 2.91. The Kier molecular flexibility index (Phi) is 4.25. The Bertz CT molecular complexity index is 369. The van der Waals surface area contributed by atoms with E-state index < -0.39 is 12.5 Å². The van der Waals surface area contributed by atoms with E-state index in [1.165, 1.54) is 6.20 Å². The van der Waals surface area contributed by atoms with E-state index in [2.05, 4.69) is 10.3 Å². The summed E-state index contributed by atoms with van der Waals surface area (Å²) in [7, 11) is 0. The molecule has 0 aliphatic carbocycles. The summed E-state index contributed by atoms with van der Waals surface area (Å²) in [6.45, 7) is 2.64. The Morgan fingerprint density at radius 1 is 1.35 bits per heavy atom. The van der Waals surface area contributed by atoms with Crippen LogP contribution in [0.2, 0.25) is 5.15 Å². The van der Waals surface area contributed by atoms with Crippen LogP contribution >= 0.6 is 11.6 Å². The second-order valence-corrected chi connectivity index (χ2v) is 4.31. The molecule has 2 rings (SSSR count). The number of hydrogen-bond acceptors (Lipinski definition) is 3. The zero-order chi connectivity index (χ0) is 12.3. The summed E-state index contributed by atoms with van der Waals surface area (Å²) in [5.41, 5.74) is 0.408. The lowest BCUT2D eigenvalue weighted by Gasteiger charge is -2.34. The molecule has 1 saturated heterocycles. The van der Waals surface area contributed by atoms with Gasteiger partial charge in [0.15, 0.2) is 0 Å². The molecule has 0 amide bonds. The van der Waals surface area contributed by atoms with E-state index in [-0.39, 0.29) is 5.15 Å². The maximum atomic E-state index is 13.2. The summed E-state index contributed by atoms with van der Waals surface area (Å²) in [5, 5.41) is 3.30. The Labute approximate surface area is 104 Å². The van der Waals surface area contributed by atoms with Gasteiger partial charge in [-0.15, -0.1) is 0 Å². The van der Waals surface area contributed by atoms with Crippen molar-refractivity contribution in [2.45, 2.75) is 12.5 Å². The zero-order valence-corrected chi connectivity index (χ0v) is 10.00. The zero-order valence-electron chi connectivity index (χ0n) is 9.24. The molecule has 0 bridgehead atoms. The van der Waals surface area contributed by atoms with Crippen molar-refractivity contribution in [3.63, 3.8) is 0 Å². The number of aromatic nitrogens is 1. The Morgan fingerprint density at radius 2 is 2.06 bits per heavy atom. The summed E-state index contributed by atoms with van der Waals surface area (Å²) in [6, 6.07) is 2.30. The van der Waals surface area contributed by atoms with Crippen LogP contribution in [0.25, 0.3) is 0 Å². The van der Waals surface area contributed by atoms with E-state index in [0.717, 1.165) is 13.1 Å². The fraction of sp³-hybridized carbons (Fsp3) is 0.545. The number of pyridine rings is 1. The van der Waals surface area contributed by atoms with Gasteiger partial charge < -0.3 is 5.32 Å². The molecule has 0 spiro atoms. The molecule has 2 heterocycles. The average molecular weight is 262 g/mol. The van der Waals surface area contributed by atoms with E-state index >= 15 is 0 Å². The van der Waals surface area contributed by atoms with Crippen LogP contribution in [-0.4, -0.2) is 42.5 Å². The van der Waals surface area contributed by atoms with Crippen LogP contribution in [-0.2, 0) is 0 Å². The number of halogens is 3. The van der Waals surface area contributed by atoms with Crippen molar-refractivity contribution in [3.05, 3.63) is 29.0 Å². The molecule has 0 aromatic carbocycles. The molecule has 0 unspecified atom stereocenters. The van der Waals surface area contributed by atoms with E-state index in [9.17, 15) is 8.78 Å². The smallest absolute Gasteiger partial charge is 0.258 e. The maximum Gasteiger partial charge on any atom is 0.258 e. The van der Waals surface area contributed by atoms with Crippen molar-refractivity contribution in [2.75, 3.05) is 26.2 Å². The van der Waals surface area contributed by atoms with Gasteiger partial charge in [-0.1, -0.05) is 17.7 Å². The van der Waals surface area contributed by atoms with Gasteiger partial charge in [0, 0.05) is 37.9 Å². The molecule has 1 N–H and O–H groups in total. The first kappa shape index (κ1) is 12.7. The largest absolute Gasteiger partial charge is 0.314 e. The highest BCUT2D eigenvalue weighted by molar-refractivity contribution is 6.30. The number of nitrogens with one attached hydrogen (secondary N) is 1. The third-order valence-corrected chi connectivity index (χ3v) is 3.21. The van der Waals surface area contributed by atoms with Crippen molar-refractivity contribution in [1.82, 2.24) is 15.2 Å². The van der Waals surface area contributed by atoms with E-state index in [1.807, 2.05) is 0 Å². The van der Waals surface area contributed by atoms with Gasteiger partial charge in [0.2, 0.25) is 0 Å².